The van der Waals surface area contributed by atoms with E-state index in [4.69, 9.17) is 9.84 Å². The maximum absolute atomic E-state index is 11.2. The molecule has 0 aliphatic heterocycles. The second-order valence-electron chi connectivity index (χ2n) is 6.06. The first-order valence-electron chi connectivity index (χ1n) is 7.02. The molecule has 7 heteroatoms. The molecule has 1 aromatic rings. The monoisotopic (exact) mass is 282 g/mol. The summed E-state index contributed by atoms with van der Waals surface area (Å²) in [5, 5.41) is 20.8. The van der Waals surface area contributed by atoms with Gasteiger partial charge in [0.1, 0.15) is 0 Å². The number of hydrogen-bond acceptors (Lipinski definition) is 5. The summed E-state index contributed by atoms with van der Waals surface area (Å²) in [6.07, 6.45) is 3.21. The van der Waals surface area contributed by atoms with E-state index in [1.165, 1.54) is 0 Å². The van der Waals surface area contributed by atoms with Gasteiger partial charge in [-0.3, -0.25) is 4.79 Å². The summed E-state index contributed by atoms with van der Waals surface area (Å²) in [5.74, 6) is 0.447. The fourth-order valence-corrected chi connectivity index (χ4v) is 2.41. The third-order valence-electron chi connectivity index (χ3n) is 3.80. The molecule has 1 saturated carbocycles. The number of aliphatic carboxylic acids is 1. The van der Waals surface area contributed by atoms with Crippen molar-refractivity contribution in [3.05, 3.63) is 5.82 Å². The van der Waals surface area contributed by atoms with Crippen LogP contribution in [0.2, 0.25) is 0 Å². The fraction of sp³-hybridized carbons (Fsp3) is 0.846. The summed E-state index contributed by atoms with van der Waals surface area (Å²) in [6, 6.07) is 0. The van der Waals surface area contributed by atoms with Gasteiger partial charge in [0.2, 0.25) is 0 Å². The number of hydrogen-bond donors (Lipinski definition) is 1. The van der Waals surface area contributed by atoms with Gasteiger partial charge >= 0.3 is 5.97 Å². The molecule has 112 valence electrons. The normalized spacial score (nSPS) is 22.6. The van der Waals surface area contributed by atoms with E-state index in [-0.39, 0.29) is 6.54 Å². The highest BCUT2D eigenvalue weighted by atomic mass is 16.5. The smallest absolute Gasteiger partial charge is 0.310 e. The van der Waals surface area contributed by atoms with E-state index in [1.54, 1.807) is 18.5 Å². The van der Waals surface area contributed by atoms with E-state index in [9.17, 15) is 4.79 Å². The predicted molar refractivity (Wildman–Crippen MR) is 71.1 cm³/mol. The van der Waals surface area contributed by atoms with E-state index < -0.39 is 11.4 Å². The Morgan fingerprint density at radius 2 is 2.20 bits per heavy atom. The lowest BCUT2D eigenvalue weighted by Crippen LogP contribution is -2.34. The second-order valence-corrected chi connectivity index (χ2v) is 6.06. The van der Waals surface area contributed by atoms with Crippen LogP contribution in [-0.2, 0) is 22.5 Å². The summed E-state index contributed by atoms with van der Waals surface area (Å²) in [4.78, 5) is 11.2. The quantitative estimate of drug-likeness (QED) is 0.806. The van der Waals surface area contributed by atoms with Crippen LogP contribution in [0, 0.1) is 11.3 Å². The molecule has 0 amide bonds. The van der Waals surface area contributed by atoms with Crippen LogP contribution in [0.25, 0.3) is 0 Å². The van der Waals surface area contributed by atoms with Crippen LogP contribution in [0.3, 0.4) is 0 Å². The number of carboxylic acid groups (broad SMARTS) is 1. The third-order valence-corrected chi connectivity index (χ3v) is 3.80. The predicted octanol–water partition coefficient (Wildman–Crippen LogP) is 1.14. The SMILES string of the molecule is CCOC1CC(Cc2nnnn2CC(C)(C)C(=O)O)C1. The van der Waals surface area contributed by atoms with Crippen molar-refractivity contribution in [2.75, 3.05) is 6.61 Å². The average molecular weight is 282 g/mol. The Bertz CT molecular complexity index is 466. The minimum absolute atomic E-state index is 0.284. The van der Waals surface area contributed by atoms with Gasteiger partial charge < -0.3 is 9.84 Å². The van der Waals surface area contributed by atoms with E-state index >= 15 is 0 Å². The third kappa shape index (κ3) is 3.33. The molecule has 0 spiro atoms. The summed E-state index contributed by atoms with van der Waals surface area (Å²) >= 11 is 0. The number of ether oxygens (including phenoxy) is 1. The van der Waals surface area contributed by atoms with Crippen LogP contribution < -0.4 is 0 Å². The summed E-state index contributed by atoms with van der Waals surface area (Å²) in [7, 11) is 0. The van der Waals surface area contributed by atoms with Crippen molar-refractivity contribution >= 4 is 5.97 Å². The molecule has 20 heavy (non-hydrogen) atoms. The van der Waals surface area contributed by atoms with E-state index in [0.29, 0.717) is 12.0 Å². The minimum Gasteiger partial charge on any atom is -0.481 e. The van der Waals surface area contributed by atoms with Crippen molar-refractivity contribution < 1.29 is 14.6 Å². The molecule has 1 aliphatic rings. The van der Waals surface area contributed by atoms with Gasteiger partial charge in [-0.05, 0) is 50.0 Å². The van der Waals surface area contributed by atoms with Crippen molar-refractivity contribution in [1.29, 1.82) is 0 Å². The molecule has 0 aromatic carbocycles. The van der Waals surface area contributed by atoms with Gasteiger partial charge in [0.15, 0.2) is 5.82 Å². The molecule has 0 atom stereocenters. The molecule has 1 heterocycles. The molecule has 1 fully saturated rings. The van der Waals surface area contributed by atoms with Gasteiger partial charge in [-0.15, -0.1) is 5.10 Å². The number of aromatic nitrogens is 4. The van der Waals surface area contributed by atoms with Gasteiger partial charge in [-0.2, -0.15) is 0 Å². The largest absolute Gasteiger partial charge is 0.481 e. The molecule has 0 bridgehead atoms. The molecule has 0 radical (unpaired) electrons. The van der Waals surface area contributed by atoms with Crippen molar-refractivity contribution in [3.63, 3.8) is 0 Å². The molecular weight excluding hydrogens is 260 g/mol. The average Bonchev–Trinajstić information content (AvgIpc) is 2.73. The van der Waals surface area contributed by atoms with E-state index in [0.717, 1.165) is 31.7 Å². The number of tetrazole rings is 1. The highest BCUT2D eigenvalue weighted by Gasteiger charge is 2.33. The van der Waals surface area contributed by atoms with Gasteiger partial charge in [-0.1, -0.05) is 0 Å². The Labute approximate surface area is 118 Å². The zero-order chi connectivity index (χ0) is 14.8. The lowest BCUT2D eigenvalue weighted by molar-refractivity contribution is -0.147. The van der Waals surface area contributed by atoms with Crippen molar-refractivity contribution in [2.24, 2.45) is 11.3 Å². The first-order valence-corrected chi connectivity index (χ1v) is 7.02. The summed E-state index contributed by atoms with van der Waals surface area (Å²) in [5.41, 5.74) is -0.877. The first-order chi connectivity index (χ1) is 9.42. The molecule has 7 nitrogen and oxygen atoms in total. The first kappa shape index (κ1) is 14.9. The Kier molecular flexibility index (Phi) is 4.37. The van der Waals surface area contributed by atoms with Crippen molar-refractivity contribution in [3.8, 4) is 0 Å². The van der Waals surface area contributed by atoms with Crippen LogP contribution in [0.5, 0.6) is 0 Å². The van der Waals surface area contributed by atoms with Crippen LogP contribution in [0.15, 0.2) is 0 Å². The summed E-state index contributed by atoms with van der Waals surface area (Å²) in [6.45, 7) is 6.39. The maximum atomic E-state index is 11.2. The number of carbonyl (C=O) groups is 1. The fourth-order valence-electron chi connectivity index (χ4n) is 2.41. The standard InChI is InChI=1S/C13H22N4O3/c1-4-20-10-5-9(6-10)7-11-14-15-16-17(11)8-13(2,3)12(18)19/h9-10H,4-8H2,1-3H3,(H,18,19). The van der Waals surface area contributed by atoms with Gasteiger partial charge in [0.05, 0.1) is 18.1 Å². The van der Waals surface area contributed by atoms with Gasteiger partial charge in [-0.25, -0.2) is 4.68 Å². The lowest BCUT2D eigenvalue weighted by Gasteiger charge is -2.34. The molecule has 1 aliphatic carbocycles. The van der Waals surface area contributed by atoms with Crippen LogP contribution >= 0.6 is 0 Å². The number of rotatable bonds is 7. The Morgan fingerprint density at radius 1 is 1.50 bits per heavy atom. The van der Waals surface area contributed by atoms with Crippen LogP contribution in [-0.4, -0.2) is 44.0 Å². The van der Waals surface area contributed by atoms with Crippen molar-refractivity contribution in [1.82, 2.24) is 20.2 Å². The zero-order valence-electron chi connectivity index (χ0n) is 12.2. The highest BCUT2D eigenvalue weighted by molar-refractivity contribution is 5.73. The van der Waals surface area contributed by atoms with Crippen LogP contribution in [0.1, 0.15) is 39.4 Å². The molecule has 2 rings (SSSR count). The lowest BCUT2D eigenvalue weighted by atomic mass is 9.80. The Balaban J connectivity index is 1.91. The van der Waals surface area contributed by atoms with Gasteiger partial charge in [0, 0.05) is 13.0 Å². The molecule has 1 N–H and O–H groups in total. The summed E-state index contributed by atoms with van der Waals surface area (Å²) < 4.78 is 7.15. The minimum atomic E-state index is -0.877. The number of nitrogens with zero attached hydrogens (tertiary/aromatic N) is 4. The second kappa shape index (κ2) is 5.87. The zero-order valence-corrected chi connectivity index (χ0v) is 12.2. The Hall–Kier alpha value is -1.50. The van der Waals surface area contributed by atoms with Crippen LogP contribution in [0.4, 0.5) is 0 Å². The highest BCUT2D eigenvalue weighted by Crippen LogP contribution is 2.32. The molecule has 1 aromatic heterocycles. The molecule has 0 saturated heterocycles. The maximum Gasteiger partial charge on any atom is 0.310 e. The molecule has 0 unspecified atom stereocenters. The molecular formula is C13H22N4O3. The van der Waals surface area contributed by atoms with Crippen molar-refractivity contribution in [2.45, 2.75) is 52.7 Å². The van der Waals surface area contributed by atoms with E-state index in [1.807, 2.05) is 6.92 Å². The van der Waals surface area contributed by atoms with Gasteiger partial charge in [0.25, 0.3) is 0 Å². The van der Waals surface area contributed by atoms with E-state index in [2.05, 4.69) is 15.5 Å². The topological polar surface area (TPSA) is 90.1 Å². The number of carboxylic acids is 1. The Morgan fingerprint density at radius 3 is 2.80 bits per heavy atom.